The summed E-state index contributed by atoms with van der Waals surface area (Å²) in [5.41, 5.74) is 2.48. The first-order valence-corrected chi connectivity index (χ1v) is 8.94. The Balaban J connectivity index is 1.63. The highest BCUT2D eigenvalue weighted by Crippen LogP contribution is 2.19. The summed E-state index contributed by atoms with van der Waals surface area (Å²) < 4.78 is 0. The van der Waals surface area contributed by atoms with E-state index in [1.165, 1.54) is 24.8 Å². The largest absolute Gasteiger partial charge is 0.381 e. The topological polar surface area (TPSA) is 70.2 Å². The Hall–Kier alpha value is -2.63. The molecule has 1 aliphatic rings. The number of amides is 1. The number of hydrogen-bond acceptors (Lipinski definition) is 5. The van der Waals surface area contributed by atoms with Gasteiger partial charge in [0.15, 0.2) is 0 Å². The maximum absolute atomic E-state index is 11.9. The number of carbonyl (C=O) groups is 1. The predicted molar refractivity (Wildman–Crippen MR) is 99.9 cm³/mol. The SMILES string of the molecule is CCNC(=O)c1cc(NCc2ccnc(N3CCCCC3)c2)ccn1. The molecule has 6 heteroatoms. The van der Waals surface area contributed by atoms with Gasteiger partial charge in [-0.3, -0.25) is 9.78 Å². The van der Waals surface area contributed by atoms with E-state index in [1.54, 1.807) is 12.3 Å². The van der Waals surface area contributed by atoms with E-state index in [0.717, 1.165) is 24.6 Å². The van der Waals surface area contributed by atoms with Gasteiger partial charge in [0.1, 0.15) is 11.5 Å². The molecule has 0 bridgehead atoms. The monoisotopic (exact) mass is 339 g/mol. The van der Waals surface area contributed by atoms with Crippen LogP contribution in [-0.4, -0.2) is 35.5 Å². The standard InChI is InChI=1S/C19H25N5O/c1-2-20-19(25)17-13-16(7-9-21-17)23-14-15-6-8-22-18(12-15)24-10-4-3-5-11-24/h6-9,12-13H,2-5,10-11,14H2,1H3,(H,20,25)(H,21,23). The molecule has 2 N–H and O–H groups in total. The van der Waals surface area contributed by atoms with Gasteiger partial charge in [0.2, 0.25) is 0 Å². The molecule has 0 saturated carbocycles. The Kier molecular flexibility index (Phi) is 5.82. The minimum absolute atomic E-state index is 0.151. The maximum Gasteiger partial charge on any atom is 0.269 e. The third-order valence-corrected chi connectivity index (χ3v) is 4.32. The van der Waals surface area contributed by atoms with Crippen LogP contribution in [0.3, 0.4) is 0 Å². The van der Waals surface area contributed by atoms with Crippen molar-refractivity contribution in [1.29, 1.82) is 0 Å². The fourth-order valence-electron chi connectivity index (χ4n) is 2.99. The molecule has 3 rings (SSSR count). The smallest absolute Gasteiger partial charge is 0.269 e. The van der Waals surface area contributed by atoms with Gasteiger partial charge in [0.05, 0.1) is 0 Å². The van der Waals surface area contributed by atoms with Crippen molar-refractivity contribution in [3.05, 3.63) is 47.9 Å². The first kappa shape index (κ1) is 17.2. The summed E-state index contributed by atoms with van der Waals surface area (Å²) in [4.78, 5) is 22.9. The molecule has 6 nitrogen and oxygen atoms in total. The number of nitrogens with zero attached hydrogens (tertiary/aromatic N) is 3. The van der Waals surface area contributed by atoms with Gasteiger partial charge in [0.25, 0.3) is 5.91 Å². The third-order valence-electron chi connectivity index (χ3n) is 4.32. The Bertz CT molecular complexity index is 712. The number of hydrogen-bond donors (Lipinski definition) is 2. The molecule has 1 saturated heterocycles. The molecule has 1 fully saturated rings. The van der Waals surface area contributed by atoms with Crippen molar-refractivity contribution in [2.24, 2.45) is 0 Å². The van der Waals surface area contributed by atoms with E-state index in [1.807, 2.05) is 25.3 Å². The molecular weight excluding hydrogens is 314 g/mol. The molecule has 0 radical (unpaired) electrons. The molecule has 2 aromatic heterocycles. The number of anilines is 2. The number of nitrogens with one attached hydrogen (secondary N) is 2. The average molecular weight is 339 g/mol. The lowest BCUT2D eigenvalue weighted by molar-refractivity contribution is 0.0951. The van der Waals surface area contributed by atoms with Gasteiger partial charge < -0.3 is 15.5 Å². The van der Waals surface area contributed by atoms with E-state index < -0.39 is 0 Å². The number of carbonyl (C=O) groups excluding carboxylic acids is 1. The predicted octanol–water partition coefficient (Wildman–Crippen LogP) is 2.83. The highest BCUT2D eigenvalue weighted by molar-refractivity contribution is 5.93. The van der Waals surface area contributed by atoms with E-state index in [-0.39, 0.29) is 5.91 Å². The van der Waals surface area contributed by atoms with E-state index in [0.29, 0.717) is 18.8 Å². The molecule has 25 heavy (non-hydrogen) atoms. The Morgan fingerprint density at radius 1 is 1.12 bits per heavy atom. The summed E-state index contributed by atoms with van der Waals surface area (Å²) in [6.07, 6.45) is 7.31. The molecule has 0 spiro atoms. The first-order valence-electron chi connectivity index (χ1n) is 8.94. The Morgan fingerprint density at radius 2 is 1.92 bits per heavy atom. The highest BCUT2D eigenvalue weighted by Gasteiger charge is 2.12. The van der Waals surface area contributed by atoms with Gasteiger partial charge in [-0.1, -0.05) is 0 Å². The van der Waals surface area contributed by atoms with Crippen LogP contribution in [0.15, 0.2) is 36.7 Å². The van der Waals surface area contributed by atoms with Crippen LogP contribution in [0.25, 0.3) is 0 Å². The lowest BCUT2D eigenvalue weighted by Crippen LogP contribution is -2.30. The van der Waals surface area contributed by atoms with Crippen LogP contribution >= 0.6 is 0 Å². The fraction of sp³-hybridized carbons (Fsp3) is 0.421. The van der Waals surface area contributed by atoms with Crippen LogP contribution in [-0.2, 0) is 6.54 Å². The van der Waals surface area contributed by atoms with Crippen molar-refractivity contribution in [2.45, 2.75) is 32.7 Å². The van der Waals surface area contributed by atoms with Gasteiger partial charge in [-0.15, -0.1) is 0 Å². The summed E-state index contributed by atoms with van der Waals surface area (Å²) in [7, 11) is 0. The summed E-state index contributed by atoms with van der Waals surface area (Å²) in [6, 6.07) is 7.81. The van der Waals surface area contributed by atoms with Gasteiger partial charge in [0, 0.05) is 44.3 Å². The molecule has 1 amide bonds. The lowest BCUT2D eigenvalue weighted by Gasteiger charge is -2.28. The molecule has 132 valence electrons. The minimum atomic E-state index is -0.151. The molecule has 3 heterocycles. The molecule has 0 aromatic carbocycles. The van der Waals surface area contributed by atoms with Crippen molar-refractivity contribution >= 4 is 17.4 Å². The second-order valence-corrected chi connectivity index (χ2v) is 6.21. The van der Waals surface area contributed by atoms with E-state index >= 15 is 0 Å². The summed E-state index contributed by atoms with van der Waals surface area (Å²) in [6.45, 7) is 5.34. The van der Waals surface area contributed by atoms with Gasteiger partial charge in [-0.05, 0) is 56.0 Å². The number of piperidine rings is 1. The molecule has 1 aliphatic heterocycles. The number of rotatable bonds is 6. The molecule has 0 aliphatic carbocycles. The lowest BCUT2D eigenvalue weighted by atomic mass is 10.1. The molecule has 0 atom stereocenters. The minimum Gasteiger partial charge on any atom is -0.381 e. The molecular formula is C19H25N5O. The van der Waals surface area contributed by atoms with Crippen LogP contribution in [0.4, 0.5) is 11.5 Å². The summed E-state index contributed by atoms with van der Waals surface area (Å²) >= 11 is 0. The second kappa shape index (κ2) is 8.46. The zero-order chi connectivity index (χ0) is 17.5. The van der Waals surface area contributed by atoms with Gasteiger partial charge in [-0.25, -0.2) is 4.98 Å². The summed E-state index contributed by atoms with van der Waals surface area (Å²) in [5.74, 6) is 0.902. The summed E-state index contributed by atoms with van der Waals surface area (Å²) in [5, 5.41) is 6.13. The zero-order valence-corrected chi connectivity index (χ0v) is 14.7. The normalized spacial score (nSPS) is 14.2. The quantitative estimate of drug-likeness (QED) is 0.847. The average Bonchev–Trinajstić information content (AvgIpc) is 2.68. The molecule has 2 aromatic rings. The van der Waals surface area contributed by atoms with E-state index in [4.69, 9.17) is 0 Å². The fourth-order valence-corrected chi connectivity index (χ4v) is 2.99. The van der Waals surface area contributed by atoms with Crippen LogP contribution in [0.1, 0.15) is 42.2 Å². The third kappa shape index (κ3) is 4.68. The van der Waals surface area contributed by atoms with Crippen molar-refractivity contribution in [2.75, 3.05) is 29.9 Å². The van der Waals surface area contributed by atoms with Crippen LogP contribution in [0.5, 0.6) is 0 Å². The van der Waals surface area contributed by atoms with Crippen molar-refractivity contribution in [3.63, 3.8) is 0 Å². The van der Waals surface area contributed by atoms with Gasteiger partial charge in [-0.2, -0.15) is 0 Å². The van der Waals surface area contributed by atoms with Gasteiger partial charge >= 0.3 is 0 Å². The van der Waals surface area contributed by atoms with Crippen molar-refractivity contribution < 1.29 is 4.79 Å². The van der Waals surface area contributed by atoms with Crippen LogP contribution < -0.4 is 15.5 Å². The zero-order valence-electron chi connectivity index (χ0n) is 14.7. The van der Waals surface area contributed by atoms with Crippen LogP contribution in [0.2, 0.25) is 0 Å². The first-order chi connectivity index (χ1) is 12.3. The van der Waals surface area contributed by atoms with Crippen LogP contribution in [0, 0.1) is 0 Å². The second-order valence-electron chi connectivity index (χ2n) is 6.21. The Morgan fingerprint density at radius 3 is 2.72 bits per heavy atom. The van der Waals surface area contributed by atoms with Crippen molar-refractivity contribution in [1.82, 2.24) is 15.3 Å². The number of aromatic nitrogens is 2. The van der Waals surface area contributed by atoms with E-state index in [9.17, 15) is 4.79 Å². The Labute approximate surface area is 148 Å². The molecule has 0 unspecified atom stereocenters. The number of pyridine rings is 2. The maximum atomic E-state index is 11.9. The van der Waals surface area contributed by atoms with Crippen molar-refractivity contribution in [3.8, 4) is 0 Å². The van der Waals surface area contributed by atoms with E-state index in [2.05, 4.69) is 31.6 Å². The highest BCUT2D eigenvalue weighted by atomic mass is 16.1.